The Morgan fingerprint density at radius 2 is 0.541 bits per heavy atom. The number of allylic oxidation sites excluding steroid dienone is 2. The summed E-state index contributed by atoms with van der Waals surface area (Å²) in [6, 6.07) is 0. The second-order valence-corrected chi connectivity index (χ2v) is 18.5. The quantitative estimate of drug-likeness (QED) is 0.0262. The summed E-state index contributed by atoms with van der Waals surface area (Å²) in [5.41, 5.74) is 0. The van der Waals surface area contributed by atoms with Gasteiger partial charge < -0.3 is 14.2 Å². The summed E-state index contributed by atoms with van der Waals surface area (Å²) in [5.74, 6) is -0.858. The van der Waals surface area contributed by atoms with Crippen molar-refractivity contribution in [3.8, 4) is 0 Å². The van der Waals surface area contributed by atoms with Crippen molar-refractivity contribution in [3.05, 3.63) is 12.2 Å². The second-order valence-electron chi connectivity index (χ2n) is 18.5. The third-order valence-corrected chi connectivity index (χ3v) is 12.3. The summed E-state index contributed by atoms with van der Waals surface area (Å²) in [5, 5.41) is 0. The molecule has 1 atom stereocenters. The summed E-state index contributed by atoms with van der Waals surface area (Å²) >= 11 is 0. The number of carbonyl (C=O) groups excluding carboxylic acids is 3. The van der Waals surface area contributed by atoms with Gasteiger partial charge in [-0.2, -0.15) is 0 Å². The standard InChI is InChI=1S/C55H104O6/c1-4-7-10-13-16-19-22-25-26-27-28-29-30-31-34-36-39-42-45-48-54(57)60-51-52(61-55(58)49-46-43-40-37-33-24-21-18-15-12-9-6-3)50-59-53(56)47-44-41-38-35-32-23-20-17-14-11-8-5-2/h18,21,52H,4-17,19-20,22-51H2,1-3H3/b21-18-/t52-/m1/s1. The van der Waals surface area contributed by atoms with Gasteiger partial charge in [-0.3, -0.25) is 14.4 Å². The molecule has 0 heterocycles. The molecule has 0 aliphatic rings. The molecule has 61 heavy (non-hydrogen) atoms. The number of carbonyl (C=O) groups is 3. The Balaban J connectivity index is 4.26. The predicted octanol–water partition coefficient (Wildman–Crippen LogP) is 17.8. The van der Waals surface area contributed by atoms with Crippen molar-refractivity contribution in [1.29, 1.82) is 0 Å². The minimum Gasteiger partial charge on any atom is -0.462 e. The lowest BCUT2D eigenvalue weighted by molar-refractivity contribution is -0.167. The fraction of sp³-hybridized carbons (Fsp3) is 0.909. The zero-order valence-corrected chi connectivity index (χ0v) is 41.2. The van der Waals surface area contributed by atoms with Crippen LogP contribution in [0.5, 0.6) is 0 Å². The van der Waals surface area contributed by atoms with Crippen molar-refractivity contribution in [1.82, 2.24) is 0 Å². The van der Waals surface area contributed by atoms with E-state index >= 15 is 0 Å². The highest BCUT2D eigenvalue weighted by Gasteiger charge is 2.19. The Kier molecular flexibility index (Phi) is 49.3. The van der Waals surface area contributed by atoms with Crippen molar-refractivity contribution in [3.63, 3.8) is 0 Å². The molecule has 0 aliphatic heterocycles. The highest BCUT2D eigenvalue weighted by Crippen LogP contribution is 2.17. The first-order valence-corrected chi connectivity index (χ1v) is 27.2. The summed E-state index contributed by atoms with van der Waals surface area (Å²) in [6.45, 7) is 6.65. The van der Waals surface area contributed by atoms with Gasteiger partial charge in [0.15, 0.2) is 6.10 Å². The first-order chi connectivity index (χ1) is 30.0. The summed E-state index contributed by atoms with van der Waals surface area (Å²) in [4.78, 5) is 38.0. The summed E-state index contributed by atoms with van der Waals surface area (Å²) in [6.07, 6.45) is 56.3. The number of ether oxygens (including phenoxy) is 3. The average Bonchev–Trinajstić information content (AvgIpc) is 3.26. The molecular weight excluding hydrogens is 757 g/mol. The maximum Gasteiger partial charge on any atom is 0.306 e. The molecule has 6 heteroatoms. The van der Waals surface area contributed by atoms with E-state index in [2.05, 4.69) is 32.9 Å². The van der Waals surface area contributed by atoms with Gasteiger partial charge in [0.2, 0.25) is 0 Å². The molecule has 0 bridgehead atoms. The van der Waals surface area contributed by atoms with Gasteiger partial charge in [-0.1, -0.05) is 251 Å². The van der Waals surface area contributed by atoms with Gasteiger partial charge >= 0.3 is 17.9 Å². The largest absolute Gasteiger partial charge is 0.462 e. The molecule has 6 nitrogen and oxygen atoms in total. The highest BCUT2D eigenvalue weighted by molar-refractivity contribution is 5.71. The number of hydrogen-bond donors (Lipinski definition) is 0. The molecular formula is C55H104O6. The molecule has 0 aliphatic carbocycles. The van der Waals surface area contributed by atoms with Gasteiger partial charge in [0.25, 0.3) is 0 Å². The van der Waals surface area contributed by atoms with Crippen molar-refractivity contribution in [2.24, 2.45) is 0 Å². The number of esters is 3. The normalized spacial score (nSPS) is 12.0. The SMILES string of the molecule is CCCCC/C=C\CCCCCCCC(=O)O[C@H](COC(=O)CCCCCCCCCCCCCC)COC(=O)CCCCCCCCCCCCCCCCCCCCC. The van der Waals surface area contributed by atoms with Gasteiger partial charge in [0.1, 0.15) is 13.2 Å². The van der Waals surface area contributed by atoms with Gasteiger partial charge in [0, 0.05) is 19.3 Å². The topological polar surface area (TPSA) is 78.9 Å². The highest BCUT2D eigenvalue weighted by atomic mass is 16.6. The van der Waals surface area contributed by atoms with E-state index in [4.69, 9.17) is 14.2 Å². The fourth-order valence-electron chi connectivity index (χ4n) is 8.14. The molecule has 0 saturated carbocycles. The van der Waals surface area contributed by atoms with E-state index in [1.165, 1.54) is 199 Å². The Morgan fingerprint density at radius 1 is 0.311 bits per heavy atom. The lowest BCUT2D eigenvalue weighted by atomic mass is 10.0. The first kappa shape index (κ1) is 59.1. The summed E-state index contributed by atoms with van der Waals surface area (Å²) < 4.78 is 16.8. The van der Waals surface area contributed by atoms with Crippen LogP contribution in [0.15, 0.2) is 12.2 Å². The van der Waals surface area contributed by atoms with Crippen LogP contribution in [0, 0.1) is 0 Å². The molecule has 0 saturated heterocycles. The van der Waals surface area contributed by atoms with Gasteiger partial charge in [-0.05, 0) is 44.9 Å². The lowest BCUT2D eigenvalue weighted by Gasteiger charge is -2.18. The second kappa shape index (κ2) is 50.8. The van der Waals surface area contributed by atoms with Gasteiger partial charge in [0.05, 0.1) is 0 Å². The van der Waals surface area contributed by atoms with Crippen LogP contribution in [-0.4, -0.2) is 37.2 Å². The Hall–Kier alpha value is -1.85. The number of rotatable bonds is 50. The average molecular weight is 861 g/mol. The molecule has 0 aromatic carbocycles. The molecule has 0 radical (unpaired) electrons. The van der Waals surface area contributed by atoms with E-state index in [1.54, 1.807) is 0 Å². The molecule has 0 rings (SSSR count). The molecule has 0 aromatic heterocycles. The number of unbranched alkanes of at least 4 members (excludes halogenated alkanes) is 37. The Labute approximate surface area is 380 Å². The van der Waals surface area contributed by atoms with Crippen molar-refractivity contribution >= 4 is 17.9 Å². The smallest absolute Gasteiger partial charge is 0.306 e. The Morgan fingerprint density at radius 3 is 0.852 bits per heavy atom. The van der Waals surface area contributed by atoms with E-state index in [1.807, 2.05) is 0 Å². The van der Waals surface area contributed by atoms with E-state index in [0.29, 0.717) is 19.3 Å². The van der Waals surface area contributed by atoms with E-state index in [0.717, 1.165) is 64.2 Å². The number of hydrogen-bond acceptors (Lipinski definition) is 6. The monoisotopic (exact) mass is 861 g/mol. The Bertz CT molecular complexity index is 947. The van der Waals surface area contributed by atoms with Crippen LogP contribution in [-0.2, 0) is 28.6 Å². The lowest BCUT2D eigenvalue weighted by Crippen LogP contribution is -2.30. The molecule has 0 spiro atoms. The fourth-order valence-corrected chi connectivity index (χ4v) is 8.14. The van der Waals surface area contributed by atoms with Gasteiger partial charge in [-0.15, -0.1) is 0 Å². The first-order valence-electron chi connectivity index (χ1n) is 27.2. The molecule has 0 N–H and O–H groups in total. The minimum atomic E-state index is -0.767. The maximum absolute atomic E-state index is 12.8. The van der Waals surface area contributed by atoms with Crippen LogP contribution >= 0.6 is 0 Å². The molecule has 0 fully saturated rings. The van der Waals surface area contributed by atoms with Crippen LogP contribution in [0.3, 0.4) is 0 Å². The van der Waals surface area contributed by atoms with Crippen molar-refractivity contribution in [2.75, 3.05) is 13.2 Å². The van der Waals surface area contributed by atoms with Crippen LogP contribution in [0.1, 0.15) is 303 Å². The van der Waals surface area contributed by atoms with Gasteiger partial charge in [-0.25, -0.2) is 0 Å². The zero-order chi connectivity index (χ0) is 44.4. The minimum absolute atomic E-state index is 0.0679. The van der Waals surface area contributed by atoms with Crippen LogP contribution in [0.2, 0.25) is 0 Å². The maximum atomic E-state index is 12.8. The van der Waals surface area contributed by atoms with Crippen LogP contribution in [0.25, 0.3) is 0 Å². The predicted molar refractivity (Wildman–Crippen MR) is 261 cm³/mol. The third kappa shape index (κ3) is 49.0. The van der Waals surface area contributed by atoms with E-state index in [9.17, 15) is 14.4 Å². The third-order valence-electron chi connectivity index (χ3n) is 12.3. The van der Waals surface area contributed by atoms with Crippen molar-refractivity contribution < 1.29 is 28.6 Å². The molecule has 0 amide bonds. The van der Waals surface area contributed by atoms with E-state index in [-0.39, 0.29) is 31.1 Å². The zero-order valence-electron chi connectivity index (χ0n) is 41.2. The summed E-state index contributed by atoms with van der Waals surface area (Å²) in [7, 11) is 0. The van der Waals surface area contributed by atoms with Crippen LogP contribution < -0.4 is 0 Å². The van der Waals surface area contributed by atoms with Crippen LogP contribution in [0.4, 0.5) is 0 Å². The van der Waals surface area contributed by atoms with E-state index < -0.39 is 6.10 Å². The molecule has 0 unspecified atom stereocenters. The van der Waals surface area contributed by atoms with Crippen molar-refractivity contribution in [2.45, 2.75) is 309 Å². The molecule has 360 valence electrons. The molecule has 0 aromatic rings.